The average Bonchev–Trinajstić information content (AvgIpc) is 2.46. The Bertz CT molecular complexity index is 668. The zero-order valence-electron chi connectivity index (χ0n) is 12.6. The van der Waals surface area contributed by atoms with E-state index in [1.807, 2.05) is 4.83 Å². The Labute approximate surface area is 129 Å². The third-order valence-electron chi connectivity index (χ3n) is 2.69. The first kappa shape index (κ1) is 17.8. The molecule has 7 nitrogen and oxygen atoms in total. The quantitative estimate of drug-likeness (QED) is 0.266. The van der Waals surface area contributed by atoms with Crippen LogP contribution in [0.2, 0.25) is 0 Å². The van der Waals surface area contributed by atoms with Gasteiger partial charge in [0.15, 0.2) is 0 Å². The highest BCUT2D eigenvalue weighted by molar-refractivity contribution is 7.88. The molecule has 1 N–H and O–H groups in total. The number of hydrazone groups is 1. The Morgan fingerprint density at radius 3 is 2.36 bits per heavy atom. The van der Waals surface area contributed by atoms with E-state index in [0.29, 0.717) is 12.1 Å². The van der Waals surface area contributed by atoms with Crippen LogP contribution in [0.1, 0.15) is 30.6 Å². The fourth-order valence-electron chi connectivity index (χ4n) is 1.59. The number of Topliss-reactive ketones (excluding diaryl/α,β-unsaturated/α-hetero) is 1. The highest BCUT2D eigenvalue weighted by atomic mass is 32.2. The molecule has 0 saturated heterocycles. The van der Waals surface area contributed by atoms with Gasteiger partial charge in [0.25, 0.3) is 5.78 Å². The summed E-state index contributed by atoms with van der Waals surface area (Å²) in [5, 5.41) is 3.69. The lowest BCUT2D eigenvalue weighted by molar-refractivity contribution is -0.139. The smallest absolute Gasteiger partial charge is 0.380 e. The van der Waals surface area contributed by atoms with Crippen molar-refractivity contribution in [2.24, 2.45) is 5.10 Å². The van der Waals surface area contributed by atoms with Crippen LogP contribution in [0.5, 0.6) is 0 Å². The second kappa shape index (κ2) is 7.69. The van der Waals surface area contributed by atoms with Crippen LogP contribution < -0.4 is 4.83 Å². The van der Waals surface area contributed by atoms with Gasteiger partial charge < -0.3 is 4.74 Å². The maximum atomic E-state index is 11.9. The number of nitrogens with one attached hydrogen (secondary N) is 1. The first-order valence-electron chi connectivity index (χ1n) is 6.58. The molecule has 1 rings (SSSR count). The summed E-state index contributed by atoms with van der Waals surface area (Å²) in [6.45, 7) is 3.24. The lowest BCUT2D eigenvalue weighted by Crippen LogP contribution is -2.30. The summed E-state index contributed by atoms with van der Waals surface area (Å²) in [4.78, 5) is 25.7. The monoisotopic (exact) mass is 326 g/mol. The Kier molecular flexibility index (Phi) is 6.24. The fourth-order valence-corrected chi connectivity index (χ4v) is 1.87. The van der Waals surface area contributed by atoms with Crippen molar-refractivity contribution in [3.8, 4) is 0 Å². The van der Waals surface area contributed by atoms with Crippen LogP contribution in [-0.2, 0) is 19.6 Å². The number of carbonyl (C=O) groups is 2. The molecule has 0 radical (unpaired) electrons. The van der Waals surface area contributed by atoms with Crippen LogP contribution in [0, 0.1) is 0 Å². The number of esters is 1. The maximum Gasteiger partial charge on any atom is 0.380 e. The molecule has 120 valence electrons. The van der Waals surface area contributed by atoms with E-state index in [-0.39, 0.29) is 5.56 Å². The predicted molar refractivity (Wildman–Crippen MR) is 82.0 cm³/mol. The van der Waals surface area contributed by atoms with Crippen molar-refractivity contribution < 1.29 is 22.7 Å². The van der Waals surface area contributed by atoms with Crippen LogP contribution in [0.25, 0.3) is 0 Å². The van der Waals surface area contributed by atoms with Crippen LogP contribution in [-0.4, -0.2) is 38.2 Å². The summed E-state index contributed by atoms with van der Waals surface area (Å²) < 4.78 is 27.0. The number of sulfonamides is 1. The summed E-state index contributed by atoms with van der Waals surface area (Å²) in [6.07, 6.45) is 0.495. The Balaban J connectivity index is 2.75. The molecule has 0 bridgehead atoms. The minimum absolute atomic E-state index is 0.226. The van der Waals surface area contributed by atoms with E-state index >= 15 is 0 Å². The van der Waals surface area contributed by atoms with Crippen molar-refractivity contribution in [3.05, 3.63) is 35.9 Å². The van der Waals surface area contributed by atoms with E-state index in [4.69, 9.17) is 4.74 Å². The van der Waals surface area contributed by atoms with Gasteiger partial charge in [-0.15, -0.1) is 0 Å². The van der Waals surface area contributed by atoms with Crippen molar-refractivity contribution in [2.75, 3.05) is 6.26 Å². The topological polar surface area (TPSA) is 102 Å². The second-order valence-electron chi connectivity index (χ2n) is 4.56. The lowest BCUT2D eigenvalue weighted by atomic mass is 10.1. The highest BCUT2D eigenvalue weighted by Gasteiger charge is 2.22. The number of rotatable bonds is 7. The Hall–Kier alpha value is -2.22. The Morgan fingerprint density at radius 1 is 1.27 bits per heavy atom. The molecule has 0 fully saturated rings. The average molecular weight is 326 g/mol. The van der Waals surface area contributed by atoms with Crippen molar-refractivity contribution in [1.82, 2.24) is 4.83 Å². The molecule has 0 aliphatic heterocycles. The van der Waals surface area contributed by atoms with Gasteiger partial charge in [-0.3, -0.25) is 4.79 Å². The van der Waals surface area contributed by atoms with Crippen molar-refractivity contribution >= 4 is 27.5 Å². The second-order valence-corrected chi connectivity index (χ2v) is 6.29. The summed E-state index contributed by atoms with van der Waals surface area (Å²) in [7, 11) is -3.50. The molecule has 0 amide bonds. The summed E-state index contributed by atoms with van der Waals surface area (Å²) in [6, 6.07) is 8.02. The van der Waals surface area contributed by atoms with Crippen molar-refractivity contribution in [2.45, 2.75) is 26.4 Å². The molecule has 0 aromatic heterocycles. The summed E-state index contributed by atoms with van der Waals surface area (Å²) in [5.74, 6) is -1.78. The molecule has 0 spiro atoms. The molecular weight excluding hydrogens is 308 g/mol. The number of benzene rings is 1. The van der Waals surface area contributed by atoms with E-state index in [0.717, 1.165) is 6.26 Å². The highest BCUT2D eigenvalue weighted by Crippen LogP contribution is 2.05. The summed E-state index contributed by atoms with van der Waals surface area (Å²) in [5.41, 5.74) is 0.531. The lowest BCUT2D eigenvalue weighted by Gasteiger charge is -2.14. The molecule has 0 aliphatic rings. The van der Waals surface area contributed by atoms with Gasteiger partial charge in [-0.25, -0.2) is 18.0 Å². The van der Waals surface area contributed by atoms with Crippen LogP contribution in [0.3, 0.4) is 0 Å². The molecule has 1 unspecified atom stereocenters. The molecule has 22 heavy (non-hydrogen) atoms. The van der Waals surface area contributed by atoms with Crippen LogP contribution in [0.15, 0.2) is 35.4 Å². The zero-order valence-corrected chi connectivity index (χ0v) is 13.4. The minimum atomic E-state index is -3.50. The number of hydrogen-bond donors (Lipinski definition) is 1. The molecule has 8 heteroatoms. The van der Waals surface area contributed by atoms with Gasteiger partial charge in [0.2, 0.25) is 10.0 Å². The van der Waals surface area contributed by atoms with Crippen LogP contribution >= 0.6 is 0 Å². The molecule has 0 saturated carbocycles. The molecule has 1 aromatic carbocycles. The molecule has 0 aliphatic carbocycles. The largest absolute Gasteiger partial charge is 0.450 e. The SMILES string of the molecule is CC/C(=N\NS(C)(=O)=O)C(C)OC(=O)C(=O)c1ccccc1. The van der Waals surface area contributed by atoms with Gasteiger partial charge in [-0.05, 0) is 13.3 Å². The van der Waals surface area contributed by atoms with Gasteiger partial charge in [0.1, 0.15) is 6.10 Å². The molecule has 0 heterocycles. The number of hydrogen-bond acceptors (Lipinski definition) is 6. The van der Waals surface area contributed by atoms with Gasteiger partial charge in [-0.1, -0.05) is 37.3 Å². The fraction of sp³-hybridized carbons (Fsp3) is 0.357. The van der Waals surface area contributed by atoms with E-state index in [1.165, 1.54) is 19.1 Å². The maximum absolute atomic E-state index is 11.9. The van der Waals surface area contributed by atoms with Gasteiger partial charge in [0, 0.05) is 5.56 Å². The molecule has 1 atom stereocenters. The normalized spacial score (nSPS) is 13.3. The van der Waals surface area contributed by atoms with Gasteiger partial charge >= 0.3 is 5.97 Å². The van der Waals surface area contributed by atoms with Gasteiger partial charge in [-0.2, -0.15) is 5.10 Å². The Morgan fingerprint density at radius 2 is 1.86 bits per heavy atom. The third kappa shape index (κ3) is 5.65. The number of ketones is 1. The summed E-state index contributed by atoms with van der Waals surface area (Å²) >= 11 is 0. The van der Waals surface area contributed by atoms with Crippen molar-refractivity contribution in [1.29, 1.82) is 0 Å². The van der Waals surface area contributed by atoms with E-state index < -0.39 is 27.9 Å². The van der Waals surface area contributed by atoms with E-state index in [9.17, 15) is 18.0 Å². The standard InChI is InChI=1S/C14H18N2O5S/c1-4-12(15-16-22(3,19)20)10(2)21-14(18)13(17)11-8-6-5-7-9-11/h5-10,16H,4H2,1-3H3/b15-12+. The zero-order chi connectivity index (χ0) is 16.8. The number of ether oxygens (including phenoxy) is 1. The van der Waals surface area contributed by atoms with Crippen molar-refractivity contribution in [3.63, 3.8) is 0 Å². The van der Waals surface area contributed by atoms with E-state index in [2.05, 4.69) is 5.10 Å². The molecular formula is C14H18N2O5S. The predicted octanol–water partition coefficient (Wildman–Crippen LogP) is 1.12. The number of carbonyl (C=O) groups excluding carboxylic acids is 2. The first-order chi connectivity index (χ1) is 10.2. The third-order valence-corrected chi connectivity index (χ3v) is 3.11. The molecule has 1 aromatic rings. The number of nitrogens with zero attached hydrogens (tertiary/aromatic N) is 1. The first-order valence-corrected chi connectivity index (χ1v) is 8.47. The van der Waals surface area contributed by atoms with Gasteiger partial charge in [0.05, 0.1) is 12.0 Å². The van der Waals surface area contributed by atoms with Crippen LogP contribution in [0.4, 0.5) is 0 Å². The minimum Gasteiger partial charge on any atom is -0.450 e. The van der Waals surface area contributed by atoms with E-state index in [1.54, 1.807) is 25.1 Å².